The number of anilines is 2. The number of amides is 2. The Balaban J connectivity index is 1.27. The second-order valence-electron chi connectivity index (χ2n) is 8.94. The number of nitrogens with one attached hydrogen (secondary N) is 4. The fourth-order valence-corrected chi connectivity index (χ4v) is 4.15. The number of alkyl halides is 1. The van der Waals surface area contributed by atoms with Gasteiger partial charge in [-0.1, -0.05) is 0 Å². The molecule has 2 saturated heterocycles. The van der Waals surface area contributed by atoms with E-state index >= 15 is 0 Å². The number of aromatic amines is 1. The van der Waals surface area contributed by atoms with E-state index in [0.717, 1.165) is 13.1 Å². The standard InChI is InChI=1S/C22H28FN9O4/c1-12(2)26-22(34)36-15-11-35-19(18(15)23)13-9-16(30-29-13)28-21-25-4-3-17-27-14(10-32(17)21)20(33)31-7-5-24-6-8-31/h3-4,9-10,12,15,18-19,24H,5-8,11H2,1-2H3,(H,26,34)(H2,25,28,29,30)/t15-,18-,19-/m0/s1. The average Bonchev–Trinajstić information content (AvgIpc) is 3.58. The van der Waals surface area contributed by atoms with E-state index in [0.29, 0.717) is 41.9 Å². The molecule has 14 heteroatoms. The van der Waals surface area contributed by atoms with E-state index in [1.165, 1.54) is 0 Å². The third-order valence-electron chi connectivity index (χ3n) is 5.90. The zero-order chi connectivity index (χ0) is 25.2. The molecule has 13 nitrogen and oxygen atoms in total. The van der Waals surface area contributed by atoms with E-state index in [1.54, 1.807) is 47.7 Å². The number of alkyl carbamates (subject to hydrolysis) is 1. The molecule has 0 bridgehead atoms. The van der Waals surface area contributed by atoms with Crippen LogP contribution in [0.2, 0.25) is 0 Å². The lowest BCUT2D eigenvalue weighted by molar-refractivity contribution is 0.0614. The lowest BCUT2D eigenvalue weighted by atomic mass is 10.1. The summed E-state index contributed by atoms with van der Waals surface area (Å²) in [4.78, 5) is 35.2. The minimum absolute atomic E-state index is 0.0705. The van der Waals surface area contributed by atoms with Gasteiger partial charge in [-0.05, 0) is 19.9 Å². The maximum absolute atomic E-state index is 14.9. The summed E-state index contributed by atoms with van der Waals surface area (Å²) in [5.74, 6) is 0.610. The Morgan fingerprint density at radius 2 is 2.11 bits per heavy atom. The number of carbonyl (C=O) groups excluding carboxylic acids is 2. The molecule has 0 saturated carbocycles. The molecule has 0 aromatic carbocycles. The van der Waals surface area contributed by atoms with Crippen LogP contribution >= 0.6 is 0 Å². The lowest BCUT2D eigenvalue weighted by Crippen LogP contribution is -2.46. The first-order chi connectivity index (χ1) is 17.4. The summed E-state index contributed by atoms with van der Waals surface area (Å²) < 4.78 is 27.3. The molecular formula is C22H28FN9O4. The van der Waals surface area contributed by atoms with E-state index in [2.05, 4.69) is 36.1 Å². The summed E-state index contributed by atoms with van der Waals surface area (Å²) in [6, 6.07) is 3.17. The largest absolute Gasteiger partial charge is 0.441 e. The van der Waals surface area contributed by atoms with Gasteiger partial charge in [-0.25, -0.2) is 19.2 Å². The van der Waals surface area contributed by atoms with Crippen molar-refractivity contribution in [1.82, 2.24) is 40.1 Å². The Morgan fingerprint density at radius 1 is 1.31 bits per heavy atom. The quantitative estimate of drug-likeness (QED) is 0.390. The number of carbonyl (C=O) groups is 2. The predicted molar refractivity (Wildman–Crippen MR) is 126 cm³/mol. The molecule has 5 heterocycles. The van der Waals surface area contributed by atoms with Crippen molar-refractivity contribution >= 4 is 29.4 Å². The van der Waals surface area contributed by atoms with Gasteiger partial charge in [0, 0.05) is 50.7 Å². The van der Waals surface area contributed by atoms with Gasteiger partial charge >= 0.3 is 6.09 Å². The van der Waals surface area contributed by atoms with Gasteiger partial charge in [0.2, 0.25) is 5.95 Å². The maximum atomic E-state index is 14.9. The molecule has 0 aliphatic carbocycles. The van der Waals surface area contributed by atoms with Crippen LogP contribution in [0.25, 0.3) is 5.65 Å². The summed E-state index contributed by atoms with van der Waals surface area (Å²) in [5.41, 5.74) is 1.25. The molecule has 3 aromatic rings. The van der Waals surface area contributed by atoms with Crippen molar-refractivity contribution in [3.05, 3.63) is 35.9 Å². The van der Waals surface area contributed by atoms with Gasteiger partial charge in [-0.3, -0.25) is 14.3 Å². The predicted octanol–water partition coefficient (Wildman–Crippen LogP) is 1.15. The second kappa shape index (κ2) is 10.1. The van der Waals surface area contributed by atoms with Crippen LogP contribution in [0.15, 0.2) is 24.5 Å². The molecule has 2 amide bonds. The van der Waals surface area contributed by atoms with Crippen molar-refractivity contribution in [1.29, 1.82) is 0 Å². The monoisotopic (exact) mass is 501 g/mol. The van der Waals surface area contributed by atoms with Crippen molar-refractivity contribution in [2.75, 3.05) is 38.1 Å². The normalized spacial score (nSPS) is 22.2. The zero-order valence-corrected chi connectivity index (χ0v) is 19.9. The second-order valence-corrected chi connectivity index (χ2v) is 8.94. The summed E-state index contributed by atoms with van der Waals surface area (Å²) >= 11 is 0. The van der Waals surface area contributed by atoms with Crippen LogP contribution in [0, 0.1) is 0 Å². The van der Waals surface area contributed by atoms with Gasteiger partial charge in [0.25, 0.3) is 5.91 Å². The number of halogens is 1. The first kappa shape index (κ1) is 23.9. The van der Waals surface area contributed by atoms with Gasteiger partial charge in [-0.2, -0.15) is 5.10 Å². The highest BCUT2D eigenvalue weighted by Crippen LogP contribution is 2.33. The number of imidazole rings is 1. The lowest BCUT2D eigenvalue weighted by Gasteiger charge is -2.26. The first-order valence-corrected chi connectivity index (χ1v) is 11.8. The van der Waals surface area contributed by atoms with E-state index in [4.69, 9.17) is 9.47 Å². The summed E-state index contributed by atoms with van der Waals surface area (Å²) in [5, 5.41) is 15.8. The number of ether oxygens (including phenoxy) is 2. The Morgan fingerprint density at radius 3 is 2.89 bits per heavy atom. The third kappa shape index (κ3) is 4.95. The van der Waals surface area contributed by atoms with Crippen LogP contribution in [0.1, 0.15) is 36.1 Å². The number of nitrogens with zero attached hydrogens (tertiary/aromatic N) is 5. The van der Waals surface area contributed by atoms with Gasteiger partial charge in [0.15, 0.2) is 18.1 Å². The molecule has 2 aliphatic rings. The maximum Gasteiger partial charge on any atom is 0.407 e. The fourth-order valence-electron chi connectivity index (χ4n) is 4.15. The van der Waals surface area contributed by atoms with Crippen LogP contribution in [0.3, 0.4) is 0 Å². The number of fused-ring (bicyclic) bond motifs is 1. The first-order valence-electron chi connectivity index (χ1n) is 11.8. The number of rotatable bonds is 6. The van der Waals surface area contributed by atoms with E-state index < -0.39 is 24.5 Å². The third-order valence-corrected chi connectivity index (χ3v) is 5.90. The van der Waals surface area contributed by atoms with Gasteiger partial charge in [-0.15, -0.1) is 0 Å². The SMILES string of the molecule is CC(C)NC(=O)O[C@H]1CO[C@@H](c2cc(Nc3nccc4nc(C(=O)N5CCNCC5)cn34)n[nH]2)[C@H]1F. The topological polar surface area (TPSA) is 151 Å². The highest BCUT2D eigenvalue weighted by atomic mass is 19.1. The molecular weight excluding hydrogens is 473 g/mol. The van der Waals surface area contributed by atoms with E-state index in [9.17, 15) is 14.0 Å². The Bertz CT molecular complexity index is 1240. The Labute approximate surface area is 205 Å². The number of hydrogen-bond acceptors (Lipinski definition) is 9. The molecule has 0 spiro atoms. The molecule has 0 unspecified atom stereocenters. The molecule has 3 aromatic heterocycles. The van der Waals surface area contributed by atoms with Crippen molar-refractivity contribution in [2.24, 2.45) is 0 Å². The van der Waals surface area contributed by atoms with Crippen molar-refractivity contribution in [2.45, 2.75) is 38.3 Å². The smallest absolute Gasteiger partial charge is 0.407 e. The van der Waals surface area contributed by atoms with E-state index in [-0.39, 0.29) is 18.6 Å². The van der Waals surface area contributed by atoms with Crippen molar-refractivity contribution in [3.63, 3.8) is 0 Å². The molecule has 36 heavy (non-hydrogen) atoms. The van der Waals surface area contributed by atoms with Crippen LogP contribution in [0.5, 0.6) is 0 Å². The fraction of sp³-hybridized carbons (Fsp3) is 0.500. The molecule has 5 rings (SSSR count). The van der Waals surface area contributed by atoms with Gasteiger partial charge < -0.3 is 30.3 Å². The van der Waals surface area contributed by atoms with Crippen molar-refractivity contribution < 1.29 is 23.5 Å². The highest BCUT2D eigenvalue weighted by molar-refractivity contribution is 5.93. The molecule has 2 aliphatic heterocycles. The minimum Gasteiger partial charge on any atom is -0.441 e. The number of aromatic nitrogens is 5. The summed E-state index contributed by atoms with van der Waals surface area (Å²) in [6.07, 6.45) is -1.05. The van der Waals surface area contributed by atoms with Crippen LogP contribution in [-0.2, 0) is 9.47 Å². The number of H-pyrrole nitrogens is 1. The average molecular weight is 502 g/mol. The zero-order valence-electron chi connectivity index (χ0n) is 19.9. The van der Waals surface area contributed by atoms with Gasteiger partial charge in [0.1, 0.15) is 17.4 Å². The number of piperazine rings is 1. The van der Waals surface area contributed by atoms with Gasteiger partial charge in [0.05, 0.1) is 12.3 Å². The Hall–Kier alpha value is -3.78. The number of hydrogen-bond donors (Lipinski definition) is 4. The van der Waals surface area contributed by atoms with Crippen LogP contribution < -0.4 is 16.0 Å². The highest BCUT2D eigenvalue weighted by Gasteiger charge is 2.42. The molecule has 0 radical (unpaired) electrons. The van der Waals surface area contributed by atoms with Crippen molar-refractivity contribution in [3.8, 4) is 0 Å². The molecule has 192 valence electrons. The summed E-state index contributed by atoms with van der Waals surface area (Å²) in [6.45, 7) is 6.24. The Kier molecular flexibility index (Phi) is 6.69. The van der Waals surface area contributed by atoms with E-state index in [1.807, 2.05) is 0 Å². The summed E-state index contributed by atoms with van der Waals surface area (Å²) in [7, 11) is 0. The van der Waals surface area contributed by atoms with Crippen LogP contribution in [-0.4, -0.2) is 92.6 Å². The van der Waals surface area contributed by atoms with Crippen LogP contribution in [0.4, 0.5) is 21.0 Å². The minimum atomic E-state index is -1.56. The molecule has 3 atom stereocenters. The molecule has 4 N–H and O–H groups in total. The molecule has 2 fully saturated rings.